The Balaban J connectivity index is 1.86. The zero-order valence-corrected chi connectivity index (χ0v) is 14.3. The van der Waals surface area contributed by atoms with Crippen LogP contribution in [-0.4, -0.2) is 22.3 Å². The molecule has 6 heteroatoms. The second-order valence-electron chi connectivity index (χ2n) is 4.95. The number of hydrogen-bond acceptors (Lipinski definition) is 5. The van der Waals surface area contributed by atoms with E-state index in [0.717, 1.165) is 14.8 Å². The summed E-state index contributed by atoms with van der Waals surface area (Å²) in [4.78, 5) is 21.1. The number of rotatable bonds is 6. The Labute approximate surface area is 142 Å². The Bertz CT molecular complexity index is 789. The maximum atomic E-state index is 12.9. The Kier molecular flexibility index (Phi) is 4.73. The molecule has 0 aromatic carbocycles. The van der Waals surface area contributed by atoms with Gasteiger partial charge in [-0.3, -0.25) is 4.79 Å². The van der Waals surface area contributed by atoms with Gasteiger partial charge in [-0.1, -0.05) is 12.1 Å². The maximum absolute atomic E-state index is 12.9. The minimum absolute atomic E-state index is 0.0788. The van der Waals surface area contributed by atoms with Crippen LogP contribution in [0.2, 0.25) is 0 Å². The van der Waals surface area contributed by atoms with Crippen molar-refractivity contribution in [1.82, 2.24) is 9.88 Å². The number of nitrogens with zero attached hydrogens (tertiary/aromatic N) is 2. The zero-order chi connectivity index (χ0) is 16.2. The first-order valence-electron chi connectivity index (χ1n) is 7.13. The van der Waals surface area contributed by atoms with E-state index in [4.69, 9.17) is 4.42 Å². The van der Waals surface area contributed by atoms with Crippen LogP contribution in [0, 0.1) is 6.92 Å². The number of carbonyl (C=O) groups excluding carboxylic acids is 1. The van der Waals surface area contributed by atoms with E-state index in [-0.39, 0.29) is 5.91 Å². The van der Waals surface area contributed by atoms with E-state index in [1.54, 1.807) is 28.6 Å². The molecule has 0 fully saturated rings. The Morgan fingerprint density at radius 2 is 2.30 bits per heavy atom. The van der Waals surface area contributed by atoms with Crippen LogP contribution in [0.1, 0.15) is 20.2 Å². The molecule has 3 heterocycles. The summed E-state index contributed by atoms with van der Waals surface area (Å²) in [6, 6.07) is 7.67. The maximum Gasteiger partial charge on any atom is 0.274 e. The summed E-state index contributed by atoms with van der Waals surface area (Å²) in [5, 5.41) is 2.74. The van der Waals surface area contributed by atoms with Gasteiger partial charge >= 0.3 is 0 Å². The van der Waals surface area contributed by atoms with Crippen molar-refractivity contribution >= 4 is 28.6 Å². The number of hydrogen-bond donors (Lipinski definition) is 0. The fourth-order valence-corrected chi connectivity index (χ4v) is 3.81. The van der Waals surface area contributed by atoms with Crippen LogP contribution in [0.5, 0.6) is 0 Å². The van der Waals surface area contributed by atoms with Crippen molar-refractivity contribution in [2.24, 2.45) is 0 Å². The predicted molar refractivity (Wildman–Crippen MR) is 93.8 cm³/mol. The van der Waals surface area contributed by atoms with Gasteiger partial charge in [-0.15, -0.1) is 29.3 Å². The van der Waals surface area contributed by atoms with Crippen LogP contribution in [0.15, 0.2) is 53.0 Å². The SMILES string of the molecule is C=CCN(Cc1cccs1)C(=O)c1nc(-c2ccco2)sc1C. The summed E-state index contributed by atoms with van der Waals surface area (Å²) in [6.45, 7) is 6.72. The van der Waals surface area contributed by atoms with Crippen molar-refractivity contribution in [3.05, 3.63) is 64.0 Å². The molecule has 0 aliphatic carbocycles. The molecule has 0 bridgehead atoms. The van der Waals surface area contributed by atoms with Crippen molar-refractivity contribution in [1.29, 1.82) is 0 Å². The second kappa shape index (κ2) is 6.93. The van der Waals surface area contributed by atoms with E-state index < -0.39 is 0 Å². The molecule has 3 rings (SSSR count). The number of amides is 1. The minimum atomic E-state index is -0.0788. The van der Waals surface area contributed by atoms with Crippen LogP contribution >= 0.6 is 22.7 Å². The lowest BCUT2D eigenvalue weighted by molar-refractivity contribution is 0.0758. The number of furan rings is 1. The van der Waals surface area contributed by atoms with Crippen LogP contribution < -0.4 is 0 Å². The lowest BCUT2D eigenvalue weighted by Gasteiger charge is -2.19. The smallest absolute Gasteiger partial charge is 0.274 e. The first-order valence-corrected chi connectivity index (χ1v) is 8.82. The lowest BCUT2D eigenvalue weighted by Crippen LogP contribution is -2.31. The van der Waals surface area contributed by atoms with Crippen LogP contribution in [0.4, 0.5) is 0 Å². The highest BCUT2D eigenvalue weighted by molar-refractivity contribution is 7.15. The highest BCUT2D eigenvalue weighted by Crippen LogP contribution is 2.29. The molecule has 3 aromatic heterocycles. The van der Waals surface area contributed by atoms with Gasteiger partial charge in [0, 0.05) is 16.3 Å². The van der Waals surface area contributed by atoms with Crippen molar-refractivity contribution in [3.63, 3.8) is 0 Å². The molecule has 0 aliphatic heterocycles. The van der Waals surface area contributed by atoms with Gasteiger partial charge in [0.1, 0.15) is 5.69 Å². The predicted octanol–water partition coefficient (Wildman–Crippen LogP) is 4.60. The van der Waals surface area contributed by atoms with Gasteiger partial charge in [-0.05, 0) is 30.5 Å². The third-order valence-electron chi connectivity index (χ3n) is 3.29. The van der Waals surface area contributed by atoms with Gasteiger partial charge in [-0.2, -0.15) is 0 Å². The molecule has 0 saturated carbocycles. The van der Waals surface area contributed by atoms with Crippen molar-refractivity contribution in [2.75, 3.05) is 6.54 Å². The largest absolute Gasteiger partial charge is 0.462 e. The molecule has 23 heavy (non-hydrogen) atoms. The van der Waals surface area contributed by atoms with E-state index in [1.807, 2.05) is 36.6 Å². The van der Waals surface area contributed by atoms with Crippen LogP contribution in [0.25, 0.3) is 10.8 Å². The molecule has 4 nitrogen and oxygen atoms in total. The van der Waals surface area contributed by atoms with Gasteiger partial charge in [-0.25, -0.2) is 4.98 Å². The minimum Gasteiger partial charge on any atom is -0.462 e. The highest BCUT2D eigenvalue weighted by atomic mass is 32.1. The first-order chi connectivity index (χ1) is 11.2. The van der Waals surface area contributed by atoms with Gasteiger partial charge in [0.2, 0.25) is 0 Å². The summed E-state index contributed by atoms with van der Waals surface area (Å²) in [6.07, 6.45) is 3.34. The molecule has 0 aliphatic rings. The fraction of sp³-hybridized carbons (Fsp3) is 0.176. The van der Waals surface area contributed by atoms with Crippen LogP contribution in [0.3, 0.4) is 0 Å². The summed E-state index contributed by atoms with van der Waals surface area (Å²) >= 11 is 3.10. The molecule has 3 aromatic rings. The molecular weight excluding hydrogens is 328 g/mol. The summed E-state index contributed by atoms with van der Waals surface area (Å²) < 4.78 is 5.37. The number of thiazole rings is 1. The molecule has 1 amide bonds. The van der Waals surface area contributed by atoms with E-state index in [0.29, 0.717) is 24.5 Å². The quantitative estimate of drug-likeness (QED) is 0.614. The Morgan fingerprint density at radius 1 is 1.43 bits per heavy atom. The first kappa shape index (κ1) is 15.7. The van der Waals surface area contributed by atoms with Gasteiger partial charge in [0.25, 0.3) is 5.91 Å². The van der Waals surface area contributed by atoms with Crippen LogP contribution in [-0.2, 0) is 6.54 Å². The molecular formula is C17H16N2O2S2. The molecule has 0 atom stereocenters. The number of aromatic nitrogens is 1. The van der Waals surface area contributed by atoms with Gasteiger partial charge in [0.05, 0.1) is 12.8 Å². The fourth-order valence-electron chi connectivity index (χ4n) is 2.22. The topological polar surface area (TPSA) is 46.3 Å². The molecule has 0 radical (unpaired) electrons. The second-order valence-corrected chi connectivity index (χ2v) is 7.19. The van der Waals surface area contributed by atoms with Crippen molar-refractivity contribution < 1.29 is 9.21 Å². The van der Waals surface area contributed by atoms with Crippen molar-refractivity contribution in [3.8, 4) is 10.8 Å². The number of aryl methyl sites for hydroxylation is 1. The zero-order valence-electron chi connectivity index (χ0n) is 12.7. The molecule has 0 spiro atoms. The Morgan fingerprint density at radius 3 is 2.96 bits per heavy atom. The standard InChI is InChI=1S/C17H16N2O2S2/c1-3-8-19(11-13-6-5-10-22-13)17(20)15-12(2)23-16(18-15)14-7-4-9-21-14/h3-7,9-10H,1,8,11H2,2H3. The molecule has 0 saturated heterocycles. The number of thiophene rings is 1. The lowest BCUT2D eigenvalue weighted by atomic mass is 10.3. The monoisotopic (exact) mass is 344 g/mol. The van der Waals surface area contributed by atoms with E-state index in [9.17, 15) is 4.79 Å². The molecule has 0 unspecified atom stereocenters. The summed E-state index contributed by atoms with van der Waals surface area (Å²) in [5.74, 6) is 0.607. The summed E-state index contributed by atoms with van der Waals surface area (Å²) in [7, 11) is 0. The van der Waals surface area contributed by atoms with E-state index in [1.165, 1.54) is 11.3 Å². The summed E-state index contributed by atoms with van der Waals surface area (Å²) in [5.41, 5.74) is 0.486. The average molecular weight is 344 g/mol. The molecule has 118 valence electrons. The van der Waals surface area contributed by atoms with E-state index >= 15 is 0 Å². The number of carbonyl (C=O) groups is 1. The van der Waals surface area contributed by atoms with E-state index in [2.05, 4.69) is 11.6 Å². The van der Waals surface area contributed by atoms with Crippen molar-refractivity contribution in [2.45, 2.75) is 13.5 Å². The average Bonchev–Trinajstić information content (AvgIpc) is 3.27. The normalized spacial score (nSPS) is 10.7. The van der Waals surface area contributed by atoms with Gasteiger partial charge < -0.3 is 9.32 Å². The third kappa shape index (κ3) is 3.43. The van der Waals surface area contributed by atoms with Gasteiger partial charge in [0.15, 0.2) is 10.8 Å². The molecule has 0 N–H and O–H groups in total. The highest BCUT2D eigenvalue weighted by Gasteiger charge is 2.22. The Hall–Kier alpha value is -2.18. The third-order valence-corrected chi connectivity index (χ3v) is 5.14.